The highest BCUT2D eigenvalue weighted by Crippen LogP contribution is 2.33. The smallest absolute Gasteiger partial charge is 0.0631 e. The number of hydrogen-bond acceptors (Lipinski definition) is 2. The van der Waals surface area contributed by atoms with Crippen molar-refractivity contribution in [3.8, 4) is 0 Å². The Morgan fingerprint density at radius 3 is 2.37 bits per heavy atom. The molecule has 0 radical (unpaired) electrons. The van der Waals surface area contributed by atoms with Crippen LogP contribution in [0.3, 0.4) is 0 Å². The summed E-state index contributed by atoms with van der Waals surface area (Å²) < 4.78 is 2.25. The third kappa shape index (κ3) is 3.96. The van der Waals surface area contributed by atoms with Gasteiger partial charge in [0.05, 0.1) is 5.69 Å². The Hall–Kier alpha value is -0.0600. The molecule has 1 saturated heterocycles. The van der Waals surface area contributed by atoms with Gasteiger partial charge in [-0.1, -0.05) is 13.0 Å². The van der Waals surface area contributed by atoms with Crippen LogP contribution in [0, 0.1) is 5.92 Å². The van der Waals surface area contributed by atoms with E-state index in [2.05, 4.69) is 68.1 Å². The van der Waals surface area contributed by atoms with E-state index in [-0.39, 0.29) is 0 Å². The zero-order valence-corrected chi connectivity index (χ0v) is 14.8. The number of nitrogens with one attached hydrogen (secondary N) is 1. The zero-order chi connectivity index (χ0) is 13.8. The van der Waals surface area contributed by atoms with Gasteiger partial charge in [0.15, 0.2) is 0 Å². The molecule has 2 nitrogen and oxygen atoms in total. The predicted molar refractivity (Wildman–Crippen MR) is 89.8 cm³/mol. The van der Waals surface area contributed by atoms with Gasteiger partial charge < -0.3 is 10.2 Å². The van der Waals surface area contributed by atoms with Crippen molar-refractivity contribution in [2.45, 2.75) is 32.7 Å². The normalized spacial score (nSPS) is 19.4. The quantitative estimate of drug-likeness (QED) is 0.799. The average Bonchev–Trinajstić information content (AvgIpc) is 2.43. The lowest BCUT2D eigenvalue weighted by Crippen LogP contribution is -2.39. The molecule has 1 heterocycles. The van der Waals surface area contributed by atoms with Gasteiger partial charge in [0.25, 0.3) is 0 Å². The number of likely N-dealkylation sites (tertiary alicyclic amines) is 1. The zero-order valence-electron chi connectivity index (χ0n) is 11.6. The molecule has 1 aromatic carbocycles. The molecule has 0 saturated carbocycles. The molecular weight excluding hydrogens is 368 g/mol. The van der Waals surface area contributed by atoms with Gasteiger partial charge >= 0.3 is 0 Å². The van der Waals surface area contributed by atoms with Crippen LogP contribution in [0.1, 0.15) is 26.7 Å². The first-order chi connectivity index (χ1) is 9.11. The van der Waals surface area contributed by atoms with E-state index in [1.54, 1.807) is 0 Å². The van der Waals surface area contributed by atoms with Gasteiger partial charge in [0, 0.05) is 15.0 Å². The van der Waals surface area contributed by atoms with Crippen molar-refractivity contribution in [2.24, 2.45) is 5.92 Å². The molecule has 0 aromatic heterocycles. The van der Waals surface area contributed by atoms with Crippen molar-refractivity contribution in [3.05, 3.63) is 27.1 Å². The largest absolute Gasteiger partial charge is 0.380 e. The van der Waals surface area contributed by atoms with Crippen LogP contribution in [0.25, 0.3) is 0 Å². The number of nitrogens with zero attached hydrogens (tertiary/aromatic N) is 1. The molecular formula is C15H22Br2N2. The lowest BCUT2D eigenvalue weighted by molar-refractivity contribution is 0.183. The summed E-state index contributed by atoms with van der Waals surface area (Å²) in [5.41, 5.74) is 1.17. The first-order valence-corrected chi connectivity index (χ1v) is 8.63. The molecule has 2 rings (SSSR count). The Morgan fingerprint density at radius 2 is 1.84 bits per heavy atom. The van der Waals surface area contributed by atoms with Crippen LogP contribution in [0.15, 0.2) is 27.1 Å². The Kier molecular flexibility index (Phi) is 5.72. The molecule has 1 aromatic rings. The molecule has 0 bridgehead atoms. The van der Waals surface area contributed by atoms with Gasteiger partial charge in [-0.2, -0.15) is 0 Å². The van der Waals surface area contributed by atoms with Gasteiger partial charge in [-0.25, -0.2) is 0 Å². The van der Waals surface area contributed by atoms with Gasteiger partial charge in [-0.15, -0.1) is 0 Å². The molecule has 1 fully saturated rings. The standard InChI is InChI=1S/C15H22Br2N2/c1-3-19-9-7-12(8-10-19)11(2)18-15-13(16)5-4-6-14(15)17/h4-6,11-12,18H,3,7-10H2,1-2H3. The molecule has 1 aliphatic heterocycles. The second-order valence-corrected chi connectivity index (χ2v) is 7.01. The van der Waals surface area contributed by atoms with Crippen molar-refractivity contribution in [1.82, 2.24) is 4.90 Å². The van der Waals surface area contributed by atoms with Crippen LogP contribution in [0.4, 0.5) is 5.69 Å². The summed E-state index contributed by atoms with van der Waals surface area (Å²) in [6, 6.07) is 6.72. The summed E-state index contributed by atoms with van der Waals surface area (Å²) >= 11 is 7.24. The minimum Gasteiger partial charge on any atom is -0.380 e. The molecule has 1 aliphatic rings. The van der Waals surface area contributed by atoms with Crippen molar-refractivity contribution < 1.29 is 0 Å². The first kappa shape index (κ1) is 15.3. The van der Waals surface area contributed by atoms with E-state index in [1.807, 2.05) is 6.07 Å². The minimum absolute atomic E-state index is 0.508. The average molecular weight is 390 g/mol. The molecule has 0 spiro atoms. The van der Waals surface area contributed by atoms with Crippen LogP contribution in [-0.2, 0) is 0 Å². The van der Waals surface area contributed by atoms with E-state index in [4.69, 9.17) is 0 Å². The molecule has 4 heteroatoms. The third-order valence-corrected chi connectivity index (χ3v) is 5.44. The van der Waals surface area contributed by atoms with Crippen LogP contribution in [0.5, 0.6) is 0 Å². The van der Waals surface area contributed by atoms with E-state index < -0.39 is 0 Å². The highest BCUT2D eigenvalue weighted by Gasteiger charge is 2.23. The monoisotopic (exact) mass is 388 g/mol. The summed E-state index contributed by atoms with van der Waals surface area (Å²) in [5.74, 6) is 0.766. The summed E-state index contributed by atoms with van der Waals surface area (Å²) in [6.45, 7) is 8.22. The van der Waals surface area contributed by atoms with Gasteiger partial charge in [0.1, 0.15) is 0 Å². The maximum absolute atomic E-state index is 3.67. The topological polar surface area (TPSA) is 15.3 Å². The van der Waals surface area contributed by atoms with Crippen molar-refractivity contribution in [2.75, 3.05) is 25.0 Å². The van der Waals surface area contributed by atoms with Crippen molar-refractivity contribution >= 4 is 37.5 Å². The summed E-state index contributed by atoms with van der Waals surface area (Å²) in [5, 5.41) is 3.67. The number of halogens is 2. The Labute approximate surface area is 133 Å². The van der Waals surface area contributed by atoms with Crippen molar-refractivity contribution in [3.63, 3.8) is 0 Å². The maximum atomic E-state index is 3.67. The first-order valence-electron chi connectivity index (χ1n) is 7.04. The van der Waals surface area contributed by atoms with E-state index in [0.29, 0.717) is 6.04 Å². The SMILES string of the molecule is CCN1CCC(C(C)Nc2c(Br)cccc2Br)CC1. The molecule has 19 heavy (non-hydrogen) atoms. The van der Waals surface area contributed by atoms with Crippen molar-refractivity contribution in [1.29, 1.82) is 0 Å². The second kappa shape index (κ2) is 7.09. The summed E-state index contributed by atoms with van der Waals surface area (Å²) in [7, 11) is 0. The fraction of sp³-hybridized carbons (Fsp3) is 0.600. The fourth-order valence-corrected chi connectivity index (χ4v) is 3.98. The molecule has 1 atom stereocenters. The molecule has 1 N–H and O–H groups in total. The van der Waals surface area contributed by atoms with E-state index >= 15 is 0 Å². The number of piperidine rings is 1. The molecule has 0 amide bonds. The van der Waals surface area contributed by atoms with Crippen LogP contribution in [-0.4, -0.2) is 30.6 Å². The number of hydrogen-bond donors (Lipinski definition) is 1. The Morgan fingerprint density at radius 1 is 1.26 bits per heavy atom. The van der Waals surface area contributed by atoms with Crippen LogP contribution >= 0.6 is 31.9 Å². The van der Waals surface area contributed by atoms with E-state index in [1.165, 1.54) is 38.2 Å². The minimum atomic E-state index is 0.508. The number of anilines is 1. The predicted octanol–water partition coefficient (Wildman–Crippen LogP) is 4.74. The number of benzene rings is 1. The second-order valence-electron chi connectivity index (χ2n) is 5.30. The maximum Gasteiger partial charge on any atom is 0.0631 e. The van der Waals surface area contributed by atoms with Gasteiger partial charge in [0.2, 0.25) is 0 Å². The third-order valence-electron chi connectivity index (χ3n) is 4.12. The van der Waals surface area contributed by atoms with Crippen LogP contribution < -0.4 is 5.32 Å². The van der Waals surface area contributed by atoms with Gasteiger partial charge in [-0.05, 0) is 89.3 Å². The summed E-state index contributed by atoms with van der Waals surface area (Å²) in [6.07, 6.45) is 2.59. The highest BCUT2D eigenvalue weighted by atomic mass is 79.9. The van der Waals surface area contributed by atoms with E-state index in [0.717, 1.165) is 14.9 Å². The lowest BCUT2D eigenvalue weighted by Gasteiger charge is -2.35. The number of rotatable bonds is 4. The highest BCUT2D eigenvalue weighted by molar-refractivity contribution is 9.11. The van der Waals surface area contributed by atoms with Gasteiger partial charge in [-0.3, -0.25) is 0 Å². The fourth-order valence-electron chi connectivity index (χ4n) is 2.75. The number of para-hydroxylation sites is 1. The molecule has 106 valence electrons. The van der Waals surface area contributed by atoms with E-state index in [9.17, 15) is 0 Å². The summed E-state index contributed by atoms with van der Waals surface area (Å²) in [4.78, 5) is 2.54. The molecule has 0 aliphatic carbocycles. The molecule has 1 unspecified atom stereocenters. The Bertz CT molecular complexity index is 394. The Balaban J connectivity index is 1.96. The van der Waals surface area contributed by atoms with Crippen LogP contribution in [0.2, 0.25) is 0 Å². The lowest BCUT2D eigenvalue weighted by atomic mass is 9.90.